The third-order valence-electron chi connectivity index (χ3n) is 5.32. The Balaban J connectivity index is 1.57. The van der Waals surface area contributed by atoms with Crippen molar-refractivity contribution in [1.29, 1.82) is 0 Å². The topological polar surface area (TPSA) is 76.6 Å². The third kappa shape index (κ3) is 4.21. The molecule has 30 heavy (non-hydrogen) atoms. The minimum Gasteiger partial charge on any atom is -0.484 e. The van der Waals surface area contributed by atoms with Gasteiger partial charge in [0.1, 0.15) is 39.2 Å². The maximum absolute atomic E-state index is 14.0. The summed E-state index contributed by atoms with van der Waals surface area (Å²) in [6, 6.07) is 3.92. The van der Waals surface area contributed by atoms with Gasteiger partial charge in [-0.05, 0) is 54.9 Å². The van der Waals surface area contributed by atoms with Gasteiger partial charge in [0.15, 0.2) is 0 Å². The Bertz CT molecular complexity index is 940. The number of carbonyl (C=O) groups is 1. The highest BCUT2D eigenvalue weighted by Gasteiger charge is 2.51. The van der Waals surface area contributed by atoms with Crippen molar-refractivity contribution in [2.24, 2.45) is 0 Å². The van der Waals surface area contributed by atoms with Gasteiger partial charge in [-0.15, -0.1) is 0 Å². The maximum Gasteiger partial charge on any atom is 0.408 e. The van der Waals surface area contributed by atoms with Gasteiger partial charge in [-0.3, -0.25) is 0 Å². The fraction of sp³-hybridized carbons (Fsp3) is 0.476. The largest absolute Gasteiger partial charge is 0.484 e. The zero-order valence-electron chi connectivity index (χ0n) is 17.1. The minimum absolute atomic E-state index is 0.368. The summed E-state index contributed by atoms with van der Waals surface area (Å²) in [4.78, 5) is 23.3. The molecule has 0 aliphatic carbocycles. The van der Waals surface area contributed by atoms with Crippen molar-refractivity contribution in [3.05, 3.63) is 46.6 Å². The number of fused-ring (bicyclic) bond motifs is 1. The molecule has 1 amide bonds. The highest BCUT2D eigenvalue weighted by atomic mass is 79.9. The fourth-order valence-electron chi connectivity index (χ4n) is 4.01. The van der Waals surface area contributed by atoms with Crippen LogP contribution in [0.25, 0.3) is 0 Å². The summed E-state index contributed by atoms with van der Waals surface area (Å²) in [6.07, 6.45) is 4.09. The second kappa shape index (κ2) is 7.68. The first-order valence-electron chi connectivity index (χ1n) is 9.86. The molecule has 1 N–H and O–H groups in total. The van der Waals surface area contributed by atoms with Gasteiger partial charge in [0.05, 0.1) is 12.4 Å². The van der Waals surface area contributed by atoms with E-state index < -0.39 is 23.3 Å². The van der Waals surface area contributed by atoms with Crippen LogP contribution in [0.15, 0.2) is 35.2 Å². The molecule has 0 radical (unpaired) electrons. The molecule has 0 bridgehead atoms. The summed E-state index contributed by atoms with van der Waals surface area (Å²) in [7, 11) is 0. The zero-order valence-corrected chi connectivity index (χ0v) is 18.7. The molecule has 1 aromatic carbocycles. The number of piperidine rings is 1. The molecule has 1 saturated heterocycles. The van der Waals surface area contributed by atoms with Gasteiger partial charge in [-0.25, -0.2) is 19.2 Å². The summed E-state index contributed by atoms with van der Waals surface area (Å²) in [5, 5.41) is 2.94. The number of amides is 1. The molecule has 1 atom stereocenters. The molecular formula is C21H24BrFN4O3. The number of nitrogens with zero attached hydrogens (tertiary/aromatic N) is 3. The van der Waals surface area contributed by atoms with Crippen LogP contribution in [0.1, 0.15) is 45.2 Å². The van der Waals surface area contributed by atoms with Gasteiger partial charge in [-0.2, -0.15) is 0 Å². The lowest BCUT2D eigenvalue weighted by Crippen LogP contribution is -2.54. The number of halogens is 2. The van der Waals surface area contributed by atoms with E-state index in [0.29, 0.717) is 41.8 Å². The Morgan fingerprint density at radius 2 is 2.03 bits per heavy atom. The molecule has 4 rings (SSSR count). The van der Waals surface area contributed by atoms with E-state index in [1.165, 1.54) is 12.1 Å². The van der Waals surface area contributed by atoms with Crippen LogP contribution in [0, 0.1) is 5.82 Å². The Kier molecular flexibility index (Phi) is 5.34. The molecule has 3 heterocycles. The standard InChI is InChI=1S/C21H24BrFN4O3/c1-20(2,3)30-19(28)26-18-14-10-13(23)4-5-15(14)29-21(18)6-8-27(9-7-21)17-12-24-16(22)11-25-17/h4-5,10-12,18H,6-9H2,1-3H3,(H,26,28)/t18-/m1/s1. The van der Waals surface area contributed by atoms with Gasteiger partial charge in [0.25, 0.3) is 0 Å². The van der Waals surface area contributed by atoms with Crippen molar-refractivity contribution in [3.63, 3.8) is 0 Å². The van der Waals surface area contributed by atoms with E-state index in [2.05, 4.69) is 36.1 Å². The zero-order chi connectivity index (χ0) is 21.5. The van der Waals surface area contributed by atoms with Crippen molar-refractivity contribution < 1.29 is 18.7 Å². The Morgan fingerprint density at radius 1 is 1.30 bits per heavy atom. The second-order valence-corrected chi connectivity index (χ2v) is 9.43. The summed E-state index contributed by atoms with van der Waals surface area (Å²) in [5.41, 5.74) is -0.671. The van der Waals surface area contributed by atoms with Gasteiger partial charge in [0.2, 0.25) is 0 Å². The number of hydrogen-bond acceptors (Lipinski definition) is 6. The Hall–Kier alpha value is -2.42. The molecule has 2 aliphatic heterocycles. The third-order valence-corrected chi connectivity index (χ3v) is 5.73. The normalized spacial score (nSPS) is 19.9. The smallest absolute Gasteiger partial charge is 0.408 e. The predicted molar refractivity (Wildman–Crippen MR) is 113 cm³/mol. The Labute approximate surface area is 183 Å². The van der Waals surface area contributed by atoms with Gasteiger partial charge in [0, 0.05) is 31.5 Å². The number of carbonyl (C=O) groups excluding carboxylic acids is 1. The molecule has 1 fully saturated rings. The van der Waals surface area contributed by atoms with Crippen LogP contribution < -0.4 is 15.0 Å². The summed E-state index contributed by atoms with van der Waals surface area (Å²) in [6.45, 7) is 6.75. The molecular weight excluding hydrogens is 455 g/mol. The van der Waals surface area contributed by atoms with Crippen molar-refractivity contribution in [2.75, 3.05) is 18.0 Å². The molecule has 9 heteroatoms. The number of anilines is 1. The van der Waals surface area contributed by atoms with Crippen molar-refractivity contribution in [2.45, 2.75) is 50.9 Å². The average molecular weight is 479 g/mol. The van der Waals surface area contributed by atoms with E-state index in [4.69, 9.17) is 9.47 Å². The van der Waals surface area contributed by atoms with Crippen molar-refractivity contribution in [1.82, 2.24) is 15.3 Å². The first-order valence-corrected chi connectivity index (χ1v) is 10.6. The van der Waals surface area contributed by atoms with Crippen LogP contribution in [0.3, 0.4) is 0 Å². The van der Waals surface area contributed by atoms with E-state index in [1.807, 2.05) is 0 Å². The molecule has 7 nitrogen and oxygen atoms in total. The fourth-order valence-corrected chi connectivity index (χ4v) is 4.21. The number of rotatable bonds is 2. The van der Waals surface area contributed by atoms with E-state index in [9.17, 15) is 9.18 Å². The van der Waals surface area contributed by atoms with Crippen LogP contribution in [0.2, 0.25) is 0 Å². The Morgan fingerprint density at radius 3 is 2.67 bits per heavy atom. The first-order chi connectivity index (χ1) is 14.2. The SMILES string of the molecule is CC(C)(C)OC(=O)N[C@@H]1c2cc(F)ccc2OC12CCN(c1cnc(Br)cn1)CC2. The van der Waals surface area contributed by atoms with E-state index >= 15 is 0 Å². The second-order valence-electron chi connectivity index (χ2n) is 8.61. The molecule has 0 unspecified atom stereocenters. The van der Waals surface area contributed by atoms with Crippen LogP contribution in [-0.2, 0) is 4.74 Å². The van der Waals surface area contributed by atoms with Crippen LogP contribution in [0.4, 0.5) is 15.0 Å². The van der Waals surface area contributed by atoms with Gasteiger partial charge in [-0.1, -0.05) is 0 Å². The number of nitrogens with one attached hydrogen (secondary N) is 1. The van der Waals surface area contributed by atoms with Crippen LogP contribution in [0.5, 0.6) is 5.75 Å². The van der Waals surface area contributed by atoms with Crippen molar-refractivity contribution >= 4 is 27.8 Å². The summed E-state index contributed by atoms with van der Waals surface area (Å²) < 4.78 is 26.4. The number of aromatic nitrogens is 2. The molecule has 1 aromatic heterocycles. The molecule has 160 valence electrons. The lowest BCUT2D eigenvalue weighted by molar-refractivity contribution is 0.0149. The molecule has 1 spiro atoms. The first kappa shape index (κ1) is 20.8. The van der Waals surface area contributed by atoms with Gasteiger partial charge < -0.3 is 19.7 Å². The maximum atomic E-state index is 14.0. The summed E-state index contributed by atoms with van der Waals surface area (Å²) >= 11 is 3.30. The van der Waals surface area contributed by atoms with Gasteiger partial charge >= 0.3 is 6.09 Å². The molecule has 2 aromatic rings. The highest BCUT2D eigenvalue weighted by Crippen LogP contribution is 2.49. The van der Waals surface area contributed by atoms with E-state index in [-0.39, 0.29) is 5.82 Å². The summed E-state index contributed by atoms with van der Waals surface area (Å²) in [5.74, 6) is 1.01. The molecule has 2 aliphatic rings. The number of ether oxygens (including phenoxy) is 2. The predicted octanol–water partition coefficient (Wildman–Crippen LogP) is 4.38. The quantitative estimate of drug-likeness (QED) is 0.690. The van der Waals surface area contributed by atoms with Crippen molar-refractivity contribution in [3.8, 4) is 5.75 Å². The van der Waals surface area contributed by atoms with E-state index in [1.54, 1.807) is 39.2 Å². The monoisotopic (exact) mass is 478 g/mol. The number of alkyl carbamates (subject to hydrolysis) is 1. The lowest BCUT2D eigenvalue weighted by Gasteiger charge is -2.42. The highest BCUT2D eigenvalue weighted by molar-refractivity contribution is 9.10. The average Bonchev–Trinajstić information content (AvgIpc) is 2.94. The van der Waals surface area contributed by atoms with Crippen LogP contribution >= 0.6 is 15.9 Å². The molecule has 0 saturated carbocycles. The minimum atomic E-state index is -0.674. The van der Waals surface area contributed by atoms with E-state index in [0.717, 1.165) is 5.82 Å². The lowest BCUT2D eigenvalue weighted by atomic mass is 9.82. The number of hydrogen-bond donors (Lipinski definition) is 1. The number of benzene rings is 1. The van der Waals surface area contributed by atoms with Crippen LogP contribution in [-0.4, -0.2) is 40.4 Å².